The summed E-state index contributed by atoms with van der Waals surface area (Å²) in [5.41, 5.74) is 3.53. The van der Waals surface area contributed by atoms with Crippen LogP contribution in [0.3, 0.4) is 0 Å². The van der Waals surface area contributed by atoms with Crippen molar-refractivity contribution in [1.29, 1.82) is 0 Å². The zero-order chi connectivity index (χ0) is 14.8. The molecule has 1 N–H and O–H groups in total. The van der Waals surface area contributed by atoms with Gasteiger partial charge in [0, 0.05) is 29.6 Å². The second kappa shape index (κ2) is 6.06. The number of nitrogens with one attached hydrogen (secondary N) is 1. The fourth-order valence-corrected chi connectivity index (χ4v) is 2.47. The van der Waals surface area contributed by atoms with Crippen molar-refractivity contribution in [1.82, 2.24) is 5.32 Å². The van der Waals surface area contributed by atoms with Gasteiger partial charge in [-0.05, 0) is 39.5 Å². The van der Waals surface area contributed by atoms with Crippen LogP contribution in [0.1, 0.15) is 38.8 Å². The van der Waals surface area contributed by atoms with Crippen molar-refractivity contribution in [2.45, 2.75) is 38.8 Å². The fourth-order valence-electron chi connectivity index (χ4n) is 2.41. The quantitative estimate of drug-likeness (QED) is 0.910. The topological polar surface area (TPSA) is 30.5 Å². The minimum absolute atomic E-state index is 0.175. The van der Waals surface area contributed by atoms with Crippen molar-refractivity contribution in [2.24, 2.45) is 0 Å². The molecule has 1 aromatic rings. The standard InChI is InChI=1S/C16H22ClNO2/c1-11(9-17)10-19-12-5-6-13-14(18-4)8-16(2,3)20-15(13)7-12/h5-7,9,14,18H,8,10H2,1-4H3/b11-9+. The predicted octanol–water partition coefficient (Wildman–Crippen LogP) is 4.03. The van der Waals surface area contributed by atoms with Gasteiger partial charge in [0.15, 0.2) is 0 Å². The molecule has 1 aliphatic rings. The average Bonchev–Trinajstić information content (AvgIpc) is 2.42. The molecular formula is C16H22ClNO2. The molecule has 1 atom stereocenters. The Bertz CT molecular complexity index is 511. The first kappa shape index (κ1) is 15.2. The summed E-state index contributed by atoms with van der Waals surface area (Å²) in [4.78, 5) is 0. The number of halogens is 1. The van der Waals surface area contributed by atoms with Crippen LogP contribution in [-0.2, 0) is 0 Å². The summed E-state index contributed by atoms with van der Waals surface area (Å²) in [7, 11) is 1.98. The van der Waals surface area contributed by atoms with Crippen LogP contribution < -0.4 is 14.8 Å². The molecule has 1 aliphatic heterocycles. The van der Waals surface area contributed by atoms with E-state index in [0.717, 1.165) is 23.5 Å². The molecule has 20 heavy (non-hydrogen) atoms. The molecule has 0 fully saturated rings. The summed E-state index contributed by atoms with van der Waals surface area (Å²) in [6.45, 7) is 6.63. The third-order valence-corrected chi connectivity index (χ3v) is 3.82. The normalized spacial score (nSPS) is 21.1. The van der Waals surface area contributed by atoms with E-state index in [1.165, 1.54) is 11.1 Å². The lowest BCUT2D eigenvalue weighted by molar-refractivity contribution is 0.0671. The first-order chi connectivity index (χ1) is 9.45. The number of benzene rings is 1. The van der Waals surface area contributed by atoms with Crippen LogP contribution in [0.2, 0.25) is 0 Å². The zero-order valence-corrected chi connectivity index (χ0v) is 13.3. The Hall–Kier alpha value is -1.19. The molecule has 110 valence electrons. The highest BCUT2D eigenvalue weighted by atomic mass is 35.5. The smallest absolute Gasteiger partial charge is 0.128 e. The highest BCUT2D eigenvalue weighted by Crippen LogP contribution is 2.40. The first-order valence-corrected chi connectivity index (χ1v) is 7.28. The average molecular weight is 296 g/mol. The molecule has 2 rings (SSSR count). The van der Waals surface area contributed by atoms with Gasteiger partial charge in [0.25, 0.3) is 0 Å². The van der Waals surface area contributed by atoms with Gasteiger partial charge in [-0.2, -0.15) is 0 Å². The molecule has 1 unspecified atom stereocenters. The van der Waals surface area contributed by atoms with E-state index in [1.807, 2.05) is 26.1 Å². The van der Waals surface area contributed by atoms with Crippen LogP contribution in [0.25, 0.3) is 0 Å². The van der Waals surface area contributed by atoms with Gasteiger partial charge in [0.2, 0.25) is 0 Å². The van der Waals surface area contributed by atoms with Crippen LogP contribution in [-0.4, -0.2) is 19.3 Å². The van der Waals surface area contributed by atoms with E-state index in [1.54, 1.807) is 0 Å². The number of hydrogen-bond acceptors (Lipinski definition) is 3. The van der Waals surface area contributed by atoms with Crippen molar-refractivity contribution in [2.75, 3.05) is 13.7 Å². The van der Waals surface area contributed by atoms with Gasteiger partial charge in [-0.15, -0.1) is 0 Å². The number of rotatable bonds is 4. The fraction of sp³-hybridized carbons (Fsp3) is 0.500. The Morgan fingerprint density at radius 2 is 2.30 bits per heavy atom. The molecule has 0 saturated carbocycles. The van der Waals surface area contributed by atoms with Gasteiger partial charge < -0.3 is 14.8 Å². The predicted molar refractivity (Wildman–Crippen MR) is 82.7 cm³/mol. The number of hydrogen-bond donors (Lipinski definition) is 1. The second-order valence-electron chi connectivity index (χ2n) is 5.85. The zero-order valence-electron chi connectivity index (χ0n) is 12.5. The summed E-state index contributed by atoms with van der Waals surface area (Å²) in [5.74, 6) is 1.69. The maximum atomic E-state index is 6.06. The Kier molecular flexibility index (Phi) is 4.61. The maximum Gasteiger partial charge on any atom is 0.128 e. The minimum atomic E-state index is -0.175. The molecule has 0 aliphatic carbocycles. The molecule has 1 heterocycles. The largest absolute Gasteiger partial charge is 0.489 e. The Labute approximate surface area is 125 Å². The van der Waals surface area contributed by atoms with Crippen molar-refractivity contribution in [3.63, 3.8) is 0 Å². The van der Waals surface area contributed by atoms with E-state index in [2.05, 4.69) is 25.2 Å². The van der Waals surface area contributed by atoms with Crippen LogP contribution in [0.15, 0.2) is 29.3 Å². The molecule has 4 heteroatoms. The lowest BCUT2D eigenvalue weighted by Gasteiger charge is -2.37. The lowest BCUT2D eigenvalue weighted by Crippen LogP contribution is -2.38. The lowest BCUT2D eigenvalue weighted by atomic mass is 9.90. The molecule has 0 spiro atoms. The van der Waals surface area contributed by atoms with Crippen molar-refractivity contribution >= 4 is 11.6 Å². The molecule has 0 saturated heterocycles. The van der Waals surface area contributed by atoms with Crippen molar-refractivity contribution in [3.05, 3.63) is 34.9 Å². The summed E-state index contributed by atoms with van der Waals surface area (Å²) >= 11 is 5.63. The summed E-state index contributed by atoms with van der Waals surface area (Å²) < 4.78 is 11.8. The molecular weight excluding hydrogens is 274 g/mol. The van der Waals surface area contributed by atoms with Crippen molar-refractivity contribution in [3.8, 4) is 11.5 Å². The van der Waals surface area contributed by atoms with Gasteiger partial charge in [-0.25, -0.2) is 0 Å². The van der Waals surface area contributed by atoms with Crippen molar-refractivity contribution < 1.29 is 9.47 Å². The van der Waals surface area contributed by atoms with E-state index >= 15 is 0 Å². The molecule has 3 nitrogen and oxygen atoms in total. The van der Waals surface area contributed by atoms with E-state index < -0.39 is 0 Å². The van der Waals surface area contributed by atoms with Crippen LogP contribution in [0, 0.1) is 0 Å². The third kappa shape index (κ3) is 3.47. The van der Waals surface area contributed by atoms with Gasteiger partial charge in [0.05, 0.1) is 0 Å². The van der Waals surface area contributed by atoms with E-state index in [-0.39, 0.29) is 5.60 Å². The monoisotopic (exact) mass is 295 g/mol. The van der Waals surface area contributed by atoms with E-state index in [9.17, 15) is 0 Å². The second-order valence-corrected chi connectivity index (χ2v) is 6.07. The van der Waals surface area contributed by atoms with E-state index in [4.69, 9.17) is 21.1 Å². The van der Waals surface area contributed by atoms with Gasteiger partial charge >= 0.3 is 0 Å². The molecule has 1 aromatic carbocycles. The minimum Gasteiger partial charge on any atom is -0.489 e. The molecule has 0 aromatic heterocycles. The van der Waals surface area contributed by atoms with Gasteiger partial charge in [-0.3, -0.25) is 0 Å². The molecule has 0 radical (unpaired) electrons. The highest BCUT2D eigenvalue weighted by molar-refractivity contribution is 6.25. The third-order valence-electron chi connectivity index (χ3n) is 3.44. The first-order valence-electron chi connectivity index (χ1n) is 6.84. The van der Waals surface area contributed by atoms with Gasteiger partial charge in [0.1, 0.15) is 23.7 Å². The summed E-state index contributed by atoms with van der Waals surface area (Å²) in [6, 6.07) is 6.32. The van der Waals surface area contributed by atoms with Gasteiger partial charge in [-0.1, -0.05) is 17.7 Å². The molecule has 0 amide bonds. The summed E-state index contributed by atoms with van der Waals surface area (Å²) in [6.07, 6.45) is 0.949. The van der Waals surface area contributed by atoms with E-state index in [0.29, 0.717) is 12.6 Å². The highest BCUT2D eigenvalue weighted by Gasteiger charge is 2.33. The summed E-state index contributed by atoms with van der Waals surface area (Å²) in [5, 5.41) is 3.35. The number of ether oxygens (including phenoxy) is 2. The Balaban J connectivity index is 2.21. The number of fused-ring (bicyclic) bond motifs is 1. The maximum absolute atomic E-state index is 6.06. The van der Waals surface area contributed by atoms with Crippen LogP contribution >= 0.6 is 11.6 Å². The molecule has 0 bridgehead atoms. The Morgan fingerprint density at radius 1 is 1.55 bits per heavy atom. The Morgan fingerprint density at radius 3 is 2.95 bits per heavy atom. The van der Waals surface area contributed by atoms with Crippen LogP contribution in [0.4, 0.5) is 0 Å². The SMILES string of the molecule is CNC1CC(C)(C)Oc2cc(OC/C(C)=C/Cl)ccc21. The van der Waals surface area contributed by atoms with Crippen LogP contribution in [0.5, 0.6) is 11.5 Å².